The van der Waals surface area contributed by atoms with Gasteiger partial charge in [0, 0.05) is 33.3 Å². The molecule has 3 fully saturated rings. The molecule has 0 heterocycles. The number of Topliss-reactive ketones (excluding diaryl/α,β-unsaturated/α-hetero) is 2. The average Bonchev–Trinajstić information content (AvgIpc) is 2.82. The van der Waals surface area contributed by atoms with Crippen molar-refractivity contribution in [3.8, 4) is 0 Å². The minimum absolute atomic E-state index is 0.0703. The highest BCUT2D eigenvalue weighted by Gasteiger charge is 2.62. The van der Waals surface area contributed by atoms with Crippen molar-refractivity contribution in [3.05, 3.63) is 11.6 Å². The minimum Gasteiger partial charge on any atom is -0.299 e. The molecule has 0 aromatic heterocycles. The Balaban J connectivity index is 1.81. The molecule has 0 aromatic rings. The van der Waals surface area contributed by atoms with Gasteiger partial charge in [-0.05, 0) is 49.0 Å². The largest absolute Gasteiger partial charge is 0.299 e. The predicted octanol–water partition coefficient (Wildman–Crippen LogP) is 3.27. The molecule has 4 rings (SSSR count). The molecule has 3 nitrogen and oxygen atoms in total. The molecule has 22 heavy (non-hydrogen) atoms. The van der Waals surface area contributed by atoms with E-state index in [9.17, 15) is 14.4 Å². The molecule has 0 spiro atoms. The minimum atomic E-state index is -1.11. The normalized spacial score (nSPS) is 55.6. The Hall–Kier alpha value is -1.25. The van der Waals surface area contributed by atoms with Gasteiger partial charge in [-0.3, -0.25) is 14.4 Å². The quantitative estimate of drug-likeness (QED) is 0.690. The molecule has 4 aliphatic carbocycles. The van der Waals surface area contributed by atoms with Gasteiger partial charge < -0.3 is 0 Å². The zero-order chi connectivity index (χ0) is 17.4. The van der Waals surface area contributed by atoms with Crippen LogP contribution in [0.1, 0.15) is 61.5 Å². The van der Waals surface area contributed by atoms with Crippen LogP contribution in [0.2, 0.25) is 0 Å². The highest BCUT2D eigenvalue weighted by atomic mass is 16.1. The number of carbonyl (C=O) groups is 3. The third kappa shape index (κ3) is 1.65. The fourth-order valence-corrected chi connectivity index (χ4v) is 5.81. The molecule has 0 N–H and O–H groups in total. The van der Waals surface area contributed by atoms with Crippen LogP contribution >= 0.6 is 0 Å². The van der Waals surface area contributed by atoms with Crippen molar-refractivity contribution in [2.24, 2.45) is 28.6 Å². The number of allylic oxidation sites excluding steroid dienone is 1. The molecule has 0 saturated heterocycles. The van der Waals surface area contributed by atoms with Crippen molar-refractivity contribution in [1.29, 1.82) is 0 Å². The van der Waals surface area contributed by atoms with Crippen molar-refractivity contribution in [1.82, 2.24) is 0 Å². The zero-order valence-electron chi connectivity index (χ0n) is 15.2. The van der Waals surface area contributed by atoms with Gasteiger partial charge >= 0.3 is 0 Å². The zero-order valence-corrected chi connectivity index (χ0v) is 13.2. The topological polar surface area (TPSA) is 51.2 Å². The Morgan fingerprint density at radius 1 is 1.14 bits per heavy atom. The first kappa shape index (κ1) is 12.2. The molecule has 0 aliphatic heterocycles. The van der Waals surface area contributed by atoms with Crippen LogP contribution in [0.4, 0.5) is 0 Å². The summed E-state index contributed by atoms with van der Waals surface area (Å²) in [5, 5.41) is 0. The summed E-state index contributed by atoms with van der Waals surface area (Å²) in [6.45, 7) is 3.86. The van der Waals surface area contributed by atoms with Crippen molar-refractivity contribution in [3.63, 3.8) is 0 Å². The Morgan fingerprint density at radius 2 is 1.91 bits per heavy atom. The van der Waals surface area contributed by atoms with Gasteiger partial charge in [0.25, 0.3) is 0 Å². The van der Waals surface area contributed by atoms with E-state index >= 15 is 0 Å². The lowest BCUT2D eigenvalue weighted by Crippen LogP contribution is -2.55. The molecule has 4 aliphatic rings. The van der Waals surface area contributed by atoms with Gasteiger partial charge in [-0.1, -0.05) is 19.4 Å². The highest BCUT2D eigenvalue weighted by Crippen LogP contribution is 2.63. The molecular formula is C19H24O3. The van der Waals surface area contributed by atoms with Gasteiger partial charge in [0.05, 0.1) is 0 Å². The van der Waals surface area contributed by atoms with Crippen LogP contribution in [0, 0.1) is 28.6 Å². The lowest BCUT2D eigenvalue weighted by atomic mass is 9.47. The maximum absolute atomic E-state index is 13.1. The standard InChI is InChI=1S/C19H24O3/c1-18-8-7-12(20)9-11(18)3-4-13-14-5-6-16(22)19(14,2)10-15(21)17(13)18/h9,13-14,17H,3-8,10H2,1-2H3/t13-,14-,17+,18-,19-/m0/s1/i7T,8T/t7?,8?,13-,14-,17+,18-,19-. The number of rotatable bonds is 0. The van der Waals surface area contributed by atoms with Gasteiger partial charge in [0.15, 0.2) is 5.78 Å². The summed E-state index contributed by atoms with van der Waals surface area (Å²) in [6, 6.07) is 0. The van der Waals surface area contributed by atoms with Gasteiger partial charge in [-0.15, -0.1) is 0 Å². The average molecular weight is 304 g/mol. The summed E-state index contributed by atoms with van der Waals surface area (Å²) in [5.41, 5.74) is -0.371. The van der Waals surface area contributed by atoms with E-state index in [0.29, 0.717) is 12.8 Å². The molecule has 0 amide bonds. The van der Waals surface area contributed by atoms with Gasteiger partial charge in [0.2, 0.25) is 0 Å². The lowest BCUT2D eigenvalue weighted by Gasteiger charge is -2.55. The fourth-order valence-electron chi connectivity index (χ4n) is 5.81. The van der Waals surface area contributed by atoms with Crippen LogP contribution in [0.25, 0.3) is 0 Å². The van der Waals surface area contributed by atoms with Crippen LogP contribution in [0.15, 0.2) is 11.6 Å². The Bertz CT molecular complexity index is 684. The summed E-state index contributed by atoms with van der Waals surface area (Å²) in [6.07, 6.45) is 2.72. The molecule has 118 valence electrons. The van der Waals surface area contributed by atoms with E-state index in [-0.39, 0.29) is 41.5 Å². The van der Waals surface area contributed by atoms with E-state index in [4.69, 9.17) is 2.74 Å². The van der Waals surface area contributed by atoms with Crippen LogP contribution < -0.4 is 0 Å². The van der Waals surface area contributed by atoms with E-state index in [0.717, 1.165) is 18.4 Å². The lowest BCUT2D eigenvalue weighted by molar-refractivity contribution is -0.149. The van der Waals surface area contributed by atoms with Crippen molar-refractivity contribution < 1.29 is 17.1 Å². The summed E-state index contributed by atoms with van der Waals surface area (Å²) in [4.78, 5) is 37.5. The van der Waals surface area contributed by atoms with Crippen LogP contribution in [-0.2, 0) is 14.4 Å². The summed E-state index contributed by atoms with van der Waals surface area (Å²) in [5.74, 6) is -0.0144. The van der Waals surface area contributed by atoms with Gasteiger partial charge in [0.1, 0.15) is 11.6 Å². The van der Waals surface area contributed by atoms with Crippen molar-refractivity contribution >= 4 is 17.3 Å². The molecule has 7 atom stereocenters. The first-order valence-corrected chi connectivity index (χ1v) is 8.36. The van der Waals surface area contributed by atoms with E-state index in [1.807, 2.05) is 13.8 Å². The first-order chi connectivity index (χ1) is 11.2. The predicted molar refractivity (Wildman–Crippen MR) is 82.1 cm³/mol. The smallest absolute Gasteiger partial charge is 0.155 e. The SMILES string of the molecule is [3H]C1C(=O)C=C2CC[C@H]3[C@@H]4CCC(=O)[C@@]4(C)CC(=O)[C@@H]3[C@@]2(C)C1[3H]. The van der Waals surface area contributed by atoms with Crippen LogP contribution in [0.3, 0.4) is 0 Å². The van der Waals surface area contributed by atoms with Gasteiger partial charge in [-0.2, -0.15) is 0 Å². The van der Waals surface area contributed by atoms with Crippen molar-refractivity contribution in [2.75, 3.05) is 0 Å². The Morgan fingerprint density at radius 3 is 2.68 bits per heavy atom. The summed E-state index contributed by atoms with van der Waals surface area (Å²) in [7, 11) is 0. The number of ketones is 3. The van der Waals surface area contributed by atoms with E-state index in [1.54, 1.807) is 6.08 Å². The second kappa shape index (κ2) is 4.39. The Kier molecular flexibility index (Phi) is 2.44. The number of fused-ring (bicyclic) bond motifs is 5. The molecule has 3 heteroatoms. The summed E-state index contributed by atoms with van der Waals surface area (Å²) >= 11 is 0. The molecule has 0 bridgehead atoms. The third-order valence-corrected chi connectivity index (χ3v) is 6.97. The first-order valence-electron chi connectivity index (χ1n) is 9.52. The van der Waals surface area contributed by atoms with Crippen LogP contribution in [0.5, 0.6) is 0 Å². The number of hydrogen-bond donors (Lipinski definition) is 0. The third-order valence-electron chi connectivity index (χ3n) is 6.97. The maximum Gasteiger partial charge on any atom is 0.155 e. The molecule has 3 saturated carbocycles. The monoisotopic (exact) mass is 304 g/mol. The fraction of sp³-hybridized carbons (Fsp3) is 0.737. The molecular weight excluding hydrogens is 276 g/mol. The van der Waals surface area contributed by atoms with Gasteiger partial charge in [-0.25, -0.2) is 0 Å². The van der Waals surface area contributed by atoms with Crippen molar-refractivity contribution in [2.45, 2.75) is 58.7 Å². The summed E-state index contributed by atoms with van der Waals surface area (Å²) < 4.78 is 16.6. The highest BCUT2D eigenvalue weighted by molar-refractivity contribution is 5.96. The second-order valence-corrected chi connectivity index (χ2v) is 8.00. The maximum atomic E-state index is 13.1. The Labute approximate surface area is 134 Å². The second-order valence-electron chi connectivity index (χ2n) is 8.00. The van der Waals surface area contributed by atoms with E-state index in [2.05, 4.69) is 0 Å². The number of carbonyl (C=O) groups excluding carboxylic acids is 3. The van der Waals surface area contributed by atoms with Crippen LogP contribution in [-0.4, -0.2) is 17.3 Å². The molecule has 0 aromatic carbocycles. The number of hydrogen-bond acceptors (Lipinski definition) is 3. The van der Waals surface area contributed by atoms with E-state index < -0.39 is 23.6 Å². The molecule has 2 unspecified atom stereocenters. The molecule has 0 radical (unpaired) electrons. The van der Waals surface area contributed by atoms with E-state index in [1.165, 1.54) is 0 Å².